The van der Waals surface area contributed by atoms with Crippen molar-refractivity contribution in [3.63, 3.8) is 0 Å². The van der Waals surface area contributed by atoms with Crippen molar-refractivity contribution in [1.82, 2.24) is 0 Å². The maximum atomic E-state index is 12.1. The summed E-state index contributed by atoms with van der Waals surface area (Å²) in [5.74, 6) is 5.12. The number of halogens is 1. The van der Waals surface area contributed by atoms with Gasteiger partial charge in [-0.05, 0) is 81.0 Å². The minimum absolute atomic E-state index is 0. The Hall–Kier alpha value is 0.360. The Bertz CT molecular complexity index is 603. The summed E-state index contributed by atoms with van der Waals surface area (Å²) in [6, 6.07) is 0.848. The molecule has 1 aliphatic heterocycles. The molecule has 0 aromatic rings. The Balaban J connectivity index is 0.00000168. The van der Waals surface area contributed by atoms with Gasteiger partial charge in [0.25, 0.3) is 0 Å². The minimum atomic E-state index is 0. The number of carbonyl (C=O) groups is 1. The van der Waals surface area contributed by atoms with E-state index in [0.717, 1.165) is 42.6 Å². The van der Waals surface area contributed by atoms with Crippen LogP contribution in [0.1, 0.15) is 71.6 Å². The number of nitrogens with zero attached hydrogens (tertiary/aromatic N) is 1. The molecule has 3 heteroatoms. The van der Waals surface area contributed by atoms with Crippen molar-refractivity contribution in [2.24, 2.45) is 40.4 Å². The third-order valence-corrected chi connectivity index (χ3v) is 10.7. The van der Waals surface area contributed by atoms with Crippen LogP contribution < -0.4 is 24.0 Å². The summed E-state index contributed by atoms with van der Waals surface area (Å²) in [4.78, 5) is 12.1. The molecule has 5 aliphatic rings. The lowest BCUT2D eigenvalue weighted by Crippen LogP contribution is -3.00. The number of ketones is 1. The van der Waals surface area contributed by atoms with Crippen molar-refractivity contribution in [2.75, 3.05) is 20.6 Å². The lowest BCUT2D eigenvalue weighted by Gasteiger charge is -2.59. The quantitative estimate of drug-likeness (QED) is 0.388. The number of fused-ring (bicyclic) bond motifs is 4. The van der Waals surface area contributed by atoms with Crippen LogP contribution in [-0.2, 0) is 4.79 Å². The Morgan fingerprint density at radius 3 is 2.46 bits per heavy atom. The van der Waals surface area contributed by atoms with E-state index >= 15 is 0 Å². The first-order valence-electron chi connectivity index (χ1n) is 11.1. The molecule has 1 spiro atoms. The van der Waals surface area contributed by atoms with Gasteiger partial charge in [0.1, 0.15) is 5.78 Å². The zero-order valence-corrected chi connectivity index (χ0v) is 19.4. The number of carbonyl (C=O) groups excluding carboxylic acids is 1. The summed E-state index contributed by atoms with van der Waals surface area (Å²) in [6.45, 7) is 6.56. The third kappa shape index (κ3) is 2.40. The molecular formula is C23H38INO. The number of hydrogen-bond donors (Lipinski definition) is 0. The predicted octanol–water partition coefficient (Wildman–Crippen LogP) is 1.68. The normalized spacial score (nSPS) is 54.5. The lowest BCUT2D eigenvalue weighted by molar-refractivity contribution is -0.905. The fourth-order valence-corrected chi connectivity index (χ4v) is 9.32. The van der Waals surface area contributed by atoms with Crippen LogP contribution in [0.25, 0.3) is 0 Å². The molecule has 0 radical (unpaired) electrons. The zero-order chi connectivity index (χ0) is 17.6. The SMILES string of the molecule is CC1C2CCC3C4CCC5CC(=O)CCC5(C)C4CCC32C[N+]1(C)C.[I-]. The second-order valence-corrected chi connectivity index (χ2v) is 11.5. The highest BCUT2D eigenvalue weighted by molar-refractivity contribution is 5.79. The molecule has 4 aliphatic carbocycles. The van der Waals surface area contributed by atoms with Gasteiger partial charge >= 0.3 is 0 Å². The lowest BCUT2D eigenvalue weighted by atomic mass is 9.44. The van der Waals surface area contributed by atoms with Crippen LogP contribution in [-0.4, -0.2) is 36.9 Å². The molecule has 1 saturated heterocycles. The van der Waals surface area contributed by atoms with Crippen molar-refractivity contribution in [1.29, 1.82) is 0 Å². The van der Waals surface area contributed by atoms with E-state index in [0.29, 0.717) is 22.5 Å². The van der Waals surface area contributed by atoms with Gasteiger partial charge in [0, 0.05) is 24.2 Å². The predicted molar refractivity (Wildman–Crippen MR) is 101 cm³/mol. The fraction of sp³-hybridized carbons (Fsp3) is 0.957. The highest BCUT2D eigenvalue weighted by Gasteiger charge is 2.68. The van der Waals surface area contributed by atoms with Crippen LogP contribution in [0.15, 0.2) is 0 Å². The molecule has 0 aromatic carbocycles. The van der Waals surface area contributed by atoms with Gasteiger partial charge in [-0.3, -0.25) is 4.79 Å². The largest absolute Gasteiger partial charge is 1.00 e. The molecule has 148 valence electrons. The molecule has 0 bridgehead atoms. The second kappa shape index (κ2) is 6.18. The fourth-order valence-electron chi connectivity index (χ4n) is 9.32. The van der Waals surface area contributed by atoms with Gasteiger partial charge in [0.05, 0.1) is 26.7 Å². The smallest absolute Gasteiger partial charge is 0.133 e. The second-order valence-electron chi connectivity index (χ2n) is 11.5. The molecule has 0 aromatic heterocycles. The van der Waals surface area contributed by atoms with E-state index in [1.807, 2.05) is 0 Å². The average molecular weight is 471 g/mol. The summed E-state index contributed by atoms with van der Waals surface area (Å²) in [6.07, 6.45) is 11.7. The van der Waals surface area contributed by atoms with Crippen LogP contribution in [0, 0.1) is 40.4 Å². The van der Waals surface area contributed by atoms with Gasteiger partial charge < -0.3 is 28.5 Å². The maximum absolute atomic E-state index is 12.1. The summed E-state index contributed by atoms with van der Waals surface area (Å²) in [5.41, 5.74) is 1.14. The standard InChI is InChI=1S/C23H38NO.HI/c1-15-19-7-8-21-18-6-5-16-13-17(25)9-11-22(16,2)20(18)10-12-23(19,21)14-24(15,3)4;/h15-16,18-21H,5-14H2,1-4H3;1H/q+1;/p-1. The van der Waals surface area contributed by atoms with Crippen LogP contribution >= 0.6 is 0 Å². The molecule has 5 fully saturated rings. The van der Waals surface area contributed by atoms with Crippen LogP contribution in [0.4, 0.5) is 0 Å². The molecule has 4 saturated carbocycles. The van der Waals surface area contributed by atoms with Crippen molar-refractivity contribution in [3.05, 3.63) is 0 Å². The van der Waals surface area contributed by atoms with Gasteiger partial charge in [-0.2, -0.15) is 0 Å². The summed E-state index contributed by atoms with van der Waals surface area (Å²) < 4.78 is 1.26. The number of Topliss-reactive ketones (excluding diaryl/α,β-unsaturated/α-hetero) is 1. The van der Waals surface area contributed by atoms with Crippen LogP contribution in [0.3, 0.4) is 0 Å². The van der Waals surface area contributed by atoms with E-state index in [1.165, 1.54) is 56.0 Å². The van der Waals surface area contributed by atoms with Crippen molar-refractivity contribution >= 4 is 5.78 Å². The Kier molecular flexibility index (Phi) is 4.67. The highest BCUT2D eigenvalue weighted by atomic mass is 127. The number of likely N-dealkylation sites (tertiary alicyclic amines) is 1. The highest BCUT2D eigenvalue weighted by Crippen LogP contribution is 2.70. The molecular weight excluding hydrogens is 433 g/mol. The number of quaternary nitrogens is 1. The molecule has 8 atom stereocenters. The zero-order valence-electron chi connectivity index (χ0n) is 17.3. The minimum Gasteiger partial charge on any atom is -1.00 e. The molecule has 1 heterocycles. The van der Waals surface area contributed by atoms with Gasteiger partial charge in [-0.25, -0.2) is 0 Å². The Morgan fingerprint density at radius 2 is 1.69 bits per heavy atom. The van der Waals surface area contributed by atoms with Gasteiger partial charge in [0.2, 0.25) is 0 Å². The molecule has 8 unspecified atom stereocenters. The molecule has 26 heavy (non-hydrogen) atoms. The van der Waals surface area contributed by atoms with E-state index in [1.54, 1.807) is 0 Å². The summed E-state index contributed by atoms with van der Waals surface area (Å²) in [5, 5.41) is 0. The van der Waals surface area contributed by atoms with Crippen molar-refractivity contribution in [3.8, 4) is 0 Å². The Morgan fingerprint density at radius 1 is 0.962 bits per heavy atom. The van der Waals surface area contributed by atoms with Gasteiger partial charge in [-0.15, -0.1) is 0 Å². The summed E-state index contributed by atoms with van der Waals surface area (Å²) >= 11 is 0. The van der Waals surface area contributed by atoms with E-state index < -0.39 is 0 Å². The summed E-state index contributed by atoms with van der Waals surface area (Å²) in [7, 11) is 4.98. The van der Waals surface area contributed by atoms with Crippen LogP contribution in [0.2, 0.25) is 0 Å². The maximum Gasteiger partial charge on any atom is 0.133 e. The molecule has 0 amide bonds. The van der Waals surface area contributed by atoms with Crippen LogP contribution in [0.5, 0.6) is 0 Å². The first-order chi connectivity index (χ1) is 11.8. The first kappa shape index (κ1) is 19.7. The molecule has 5 rings (SSSR count). The van der Waals surface area contributed by atoms with E-state index in [2.05, 4.69) is 27.9 Å². The topological polar surface area (TPSA) is 17.1 Å². The average Bonchev–Trinajstić information content (AvgIpc) is 3.00. The van der Waals surface area contributed by atoms with E-state index in [-0.39, 0.29) is 24.0 Å². The van der Waals surface area contributed by atoms with Gasteiger partial charge in [-0.1, -0.05) is 6.92 Å². The van der Waals surface area contributed by atoms with Crippen molar-refractivity contribution in [2.45, 2.75) is 77.7 Å². The third-order valence-electron chi connectivity index (χ3n) is 10.7. The van der Waals surface area contributed by atoms with Gasteiger partial charge in [0.15, 0.2) is 0 Å². The Labute approximate surface area is 177 Å². The molecule has 0 N–H and O–H groups in total. The van der Waals surface area contributed by atoms with E-state index in [9.17, 15) is 4.79 Å². The van der Waals surface area contributed by atoms with Crippen molar-refractivity contribution < 1.29 is 33.3 Å². The molecule has 2 nitrogen and oxygen atoms in total. The monoisotopic (exact) mass is 471 g/mol. The number of rotatable bonds is 0. The first-order valence-corrected chi connectivity index (χ1v) is 11.1. The number of hydrogen-bond acceptors (Lipinski definition) is 1. The van der Waals surface area contributed by atoms with E-state index in [4.69, 9.17) is 0 Å².